The van der Waals surface area contributed by atoms with E-state index in [-0.39, 0.29) is 18.0 Å². The molecule has 0 aliphatic rings. The maximum absolute atomic E-state index is 12.1. The molecule has 0 saturated heterocycles. The van der Waals surface area contributed by atoms with Crippen molar-refractivity contribution >= 4 is 32.7 Å². The molecule has 6 heteroatoms. The Hall–Kier alpha value is -1.69. The van der Waals surface area contributed by atoms with Crippen molar-refractivity contribution in [3.05, 3.63) is 39.4 Å². The summed E-state index contributed by atoms with van der Waals surface area (Å²) in [6.07, 6.45) is 1.40. The number of carbonyl (C=O) groups excluding carboxylic acids is 1. The van der Waals surface area contributed by atoms with E-state index in [0.717, 1.165) is 4.47 Å². The highest BCUT2D eigenvalue weighted by Crippen LogP contribution is 2.14. The zero-order valence-electron chi connectivity index (χ0n) is 9.81. The topological polar surface area (TPSA) is 64.0 Å². The normalized spacial score (nSPS) is 10.6. The highest BCUT2D eigenvalue weighted by molar-refractivity contribution is 9.10. The van der Waals surface area contributed by atoms with Crippen LogP contribution < -0.4 is 10.9 Å². The van der Waals surface area contributed by atoms with Crippen LogP contribution in [0.4, 0.5) is 0 Å². The summed E-state index contributed by atoms with van der Waals surface area (Å²) in [5.74, 6) is -0.196. The number of hydrogen-bond donors (Lipinski definition) is 1. The van der Waals surface area contributed by atoms with E-state index in [2.05, 4.69) is 26.2 Å². The molecule has 0 fully saturated rings. The monoisotopic (exact) mass is 309 g/mol. The third-order valence-electron chi connectivity index (χ3n) is 2.48. The molecule has 18 heavy (non-hydrogen) atoms. The van der Waals surface area contributed by atoms with Gasteiger partial charge in [0.2, 0.25) is 5.91 Å². The van der Waals surface area contributed by atoms with Crippen LogP contribution in [0.2, 0.25) is 0 Å². The number of fused-ring (bicyclic) bond motifs is 1. The average Bonchev–Trinajstić information content (AvgIpc) is 2.33. The molecule has 0 spiro atoms. The Morgan fingerprint density at radius 1 is 1.50 bits per heavy atom. The molecule has 0 bridgehead atoms. The van der Waals surface area contributed by atoms with Gasteiger partial charge in [-0.25, -0.2) is 4.98 Å². The summed E-state index contributed by atoms with van der Waals surface area (Å²) in [5.41, 5.74) is 0.403. The van der Waals surface area contributed by atoms with E-state index < -0.39 is 0 Å². The molecule has 0 atom stereocenters. The molecule has 1 aromatic heterocycles. The number of nitrogens with one attached hydrogen (secondary N) is 1. The van der Waals surface area contributed by atoms with Crippen LogP contribution in [-0.2, 0) is 11.3 Å². The predicted molar refractivity (Wildman–Crippen MR) is 72.4 cm³/mol. The van der Waals surface area contributed by atoms with E-state index in [1.807, 2.05) is 6.92 Å². The van der Waals surface area contributed by atoms with Gasteiger partial charge in [0.15, 0.2) is 0 Å². The zero-order chi connectivity index (χ0) is 13.1. The van der Waals surface area contributed by atoms with Gasteiger partial charge in [-0.05, 0) is 25.1 Å². The average molecular weight is 310 g/mol. The highest BCUT2D eigenvalue weighted by atomic mass is 79.9. The summed E-state index contributed by atoms with van der Waals surface area (Å²) in [6.45, 7) is 2.37. The molecule has 0 unspecified atom stereocenters. The van der Waals surface area contributed by atoms with Gasteiger partial charge >= 0.3 is 0 Å². The van der Waals surface area contributed by atoms with Crippen LogP contribution in [0.15, 0.2) is 33.8 Å². The first kappa shape index (κ1) is 12.8. The van der Waals surface area contributed by atoms with Crippen molar-refractivity contribution in [2.75, 3.05) is 6.54 Å². The van der Waals surface area contributed by atoms with Crippen LogP contribution in [0, 0.1) is 0 Å². The molecule has 0 aliphatic heterocycles. The predicted octanol–water partition coefficient (Wildman–Crippen LogP) is 1.30. The summed E-state index contributed by atoms with van der Waals surface area (Å²) >= 11 is 3.32. The lowest BCUT2D eigenvalue weighted by molar-refractivity contribution is -0.121. The fraction of sp³-hybridized carbons (Fsp3) is 0.250. The number of likely N-dealkylation sites (N-methyl/N-ethyl adjacent to an activating group) is 1. The van der Waals surface area contributed by atoms with Gasteiger partial charge in [-0.3, -0.25) is 14.2 Å². The summed E-state index contributed by atoms with van der Waals surface area (Å²) < 4.78 is 2.17. The standard InChI is InChI=1S/C12H12BrN3O2/c1-2-14-11(17)6-16-7-15-10-5-8(13)3-4-9(10)12(16)18/h3-5,7H,2,6H2,1H3,(H,14,17). The number of benzene rings is 1. The number of carbonyl (C=O) groups is 1. The lowest BCUT2D eigenvalue weighted by atomic mass is 10.2. The van der Waals surface area contributed by atoms with Crippen LogP contribution in [0.25, 0.3) is 10.9 Å². The van der Waals surface area contributed by atoms with Crippen molar-refractivity contribution in [2.24, 2.45) is 0 Å². The third kappa shape index (κ3) is 2.59. The van der Waals surface area contributed by atoms with Gasteiger partial charge in [-0.1, -0.05) is 15.9 Å². The smallest absolute Gasteiger partial charge is 0.261 e. The van der Waals surface area contributed by atoms with E-state index in [0.29, 0.717) is 17.4 Å². The second-order valence-electron chi connectivity index (χ2n) is 3.79. The molecule has 0 saturated carbocycles. The van der Waals surface area contributed by atoms with Crippen LogP contribution in [0.3, 0.4) is 0 Å². The molecular formula is C12H12BrN3O2. The molecule has 1 heterocycles. The Morgan fingerprint density at radius 2 is 2.28 bits per heavy atom. The molecular weight excluding hydrogens is 298 g/mol. The van der Waals surface area contributed by atoms with Crippen molar-refractivity contribution < 1.29 is 4.79 Å². The van der Waals surface area contributed by atoms with Crippen molar-refractivity contribution in [3.63, 3.8) is 0 Å². The largest absolute Gasteiger partial charge is 0.355 e. The maximum atomic E-state index is 12.1. The number of amides is 1. The zero-order valence-corrected chi connectivity index (χ0v) is 11.4. The Labute approximate surface area is 112 Å². The lowest BCUT2D eigenvalue weighted by Gasteiger charge is -2.06. The molecule has 1 aromatic carbocycles. The number of aromatic nitrogens is 2. The molecule has 94 valence electrons. The van der Waals surface area contributed by atoms with Crippen LogP contribution in [0.5, 0.6) is 0 Å². The first-order chi connectivity index (χ1) is 8.61. The van der Waals surface area contributed by atoms with E-state index in [1.165, 1.54) is 10.9 Å². The van der Waals surface area contributed by atoms with E-state index >= 15 is 0 Å². The van der Waals surface area contributed by atoms with Crippen LogP contribution in [0.1, 0.15) is 6.92 Å². The van der Waals surface area contributed by atoms with Gasteiger partial charge in [-0.15, -0.1) is 0 Å². The summed E-state index contributed by atoms with van der Waals surface area (Å²) in [6, 6.07) is 5.25. The van der Waals surface area contributed by atoms with Crippen molar-refractivity contribution in [1.82, 2.24) is 14.9 Å². The lowest BCUT2D eigenvalue weighted by Crippen LogP contribution is -2.32. The number of rotatable bonds is 3. The number of nitrogens with zero attached hydrogens (tertiary/aromatic N) is 2. The van der Waals surface area contributed by atoms with Gasteiger partial charge in [0.25, 0.3) is 5.56 Å². The fourth-order valence-electron chi connectivity index (χ4n) is 1.65. The summed E-state index contributed by atoms with van der Waals surface area (Å²) in [5, 5.41) is 3.15. The van der Waals surface area contributed by atoms with E-state index in [4.69, 9.17) is 0 Å². The fourth-order valence-corrected chi connectivity index (χ4v) is 2.00. The van der Waals surface area contributed by atoms with Crippen molar-refractivity contribution in [1.29, 1.82) is 0 Å². The van der Waals surface area contributed by atoms with E-state index in [9.17, 15) is 9.59 Å². The van der Waals surface area contributed by atoms with Crippen LogP contribution >= 0.6 is 15.9 Å². The molecule has 1 N–H and O–H groups in total. The van der Waals surface area contributed by atoms with Gasteiger partial charge in [0.1, 0.15) is 6.54 Å². The third-order valence-corrected chi connectivity index (χ3v) is 2.97. The number of hydrogen-bond acceptors (Lipinski definition) is 3. The molecule has 0 aliphatic carbocycles. The number of halogens is 1. The quantitative estimate of drug-likeness (QED) is 0.929. The maximum Gasteiger partial charge on any atom is 0.261 e. The van der Waals surface area contributed by atoms with Crippen LogP contribution in [-0.4, -0.2) is 22.0 Å². The molecule has 2 rings (SSSR count). The van der Waals surface area contributed by atoms with Crippen molar-refractivity contribution in [3.8, 4) is 0 Å². The molecule has 1 amide bonds. The highest BCUT2D eigenvalue weighted by Gasteiger charge is 2.07. The second kappa shape index (κ2) is 5.30. The minimum absolute atomic E-state index is 0.00826. The molecule has 0 radical (unpaired) electrons. The second-order valence-corrected chi connectivity index (χ2v) is 4.71. The molecule has 2 aromatic rings. The summed E-state index contributed by atoms with van der Waals surface area (Å²) in [4.78, 5) is 27.7. The SMILES string of the molecule is CCNC(=O)Cn1cnc2cc(Br)ccc2c1=O. The Morgan fingerprint density at radius 3 is 3.00 bits per heavy atom. The van der Waals surface area contributed by atoms with Gasteiger partial charge in [0.05, 0.1) is 17.2 Å². The van der Waals surface area contributed by atoms with E-state index in [1.54, 1.807) is 18.2 Å². The van der Waals surface area contributed by atoms with Gasteiger partial charge in [0, 0.05) is 11.0 Å². The Kier molecular flexibility index (Phi) is 3.76. The minimum atomic E-state index is -0.209. The first-order valence-corrected chi connectivity index (χ1v) is 6.32. The Bertz CT molecular complexity index is 651. The van der Waals surface area contributed by atoms with Gasteiger partial charge < -0.3 is 5.32 Å². The Balaban J connectivity index is 2.42. The van der Waals surface area contributed by atoms with Crippen molar-refractivity contribution in [2.45, 2.75) is 13.5 Å². The molecule has 5 nitrogen and oxygen atoms in total. The summed E-state index contributed by atoms with van der Waals surface area (Å²) in [7, 11) is 0. The first-order valence-electron chi connectivity index (χ1n) is 5.53. The minimum Gasteiger partial charge on any atom is -0.355 e. The van der Waals surface area contributed by atoms with Gasteiger partial charge in [-0.2, -0.15) is 0 Å².